The van der Waals surface area contributed by atoms with Crippen molar-refractivity contribution in [3.63, 3.8) is 0 Å². The van der Waals surface area contributed by atoms with Gasteiger partial charge in [0.1, 0.15) is 6.26 Å². The second-order valence-electron chi connectivity index (χ2n) is 5.83. The van der Waals surface area contributed by atoms with Crippen molar-refractivity contribution < 1.29 is 4.42 Å². The van der Waals surface area contributed by atoms with E-state index in [0.717, 1.165) is 36.8 Å². The highest BCUT2D eigenvalue weighted by molar-refractivity contribution is 5.30. The van der Waals surface area contributed by atoms with E-state index in [1.807, 2.05) is 0 Å². The molecular formula is C14H23N3O. The van der Waals surface area contributed by atoms with Gasteiger partial charge < -0.3 is 14.6 Å². The SMILES string of the molecule is CC1CCCN(c2nc(CNC3CC3)co2)C1C. The quantitative estimate of drug-likeness (QED) is 0.890. The Kier molecular flexibility index (Phi) is 3.29. The van der Waals surface area contributed by atoms with E-state index in [1.165, 1.54) is 25.7 Å². The minimum absolute atomic E-state index is 0.529. The van der Waals surface area contributed by atoms with Gasteiger partial charge in [0.15, 0.2) is 0 Å². The van der Waals surface area contributed by atoms with E-state index in [0.29, 0.717) is 6.04 Å². The molecule has 4 heteroatoms. The van der Waals surface area contributed by atoms with Crippen LogP contribution in [0.2, 0.25) is 0 Å². The highest BCUT2D eigenvalue weighted by atomic mass is 16.4. The molecule has 2 aliphatic rings. The number of piperidine rings is 1. The summed E-state index contributed by atoms with van der Waals surface area (Å²) in [5.74, 6) is 0.721. The summed E-state index contributed by atoms with van der Waals surface area (Å²) in [7, 11) is 0. The van der Waals surface area contributed by atoms with Gasteiger partial charge in [0, 0.05) is 25.2 Å². The summed E-state index contributed by atoms with van der Waals surface area (Å²) in [6.07, 6.45) is 6.98. The van der Waals surface area contributed by atoms with Crippen molar-refractivity contribution >= 4 is 6.01 Å². The highest BCUT2D eigenvalue weighted by Crippen LogP contribution is 2.28. The normalized spacial score (nSPS) is 28.7. The Bertz CT molecular complexity index is 399. The zero-order chi connectivity index (χ0) is 12.5. The van der Waals surface area contributed by atoms with Crippen LogP contribution in [0.5, 0.6) is 0 Å². The monoisotopic (exact) mass is 249 g/mol. The van der Waals surface area contributed by atoms with Crippen molar-refractivity contribution in [2.75, 3.05) is 11.4 Å². The molecule has 0 aromatic carbocycles. The summed E-state index contributed by atoms with van der Waals surface area (Å²) in [5, 5.41) is 3.47. The van der Waals surface area contributed by atoms with Crippen LogP contribution in [0.1, 0.15) is 45.2 Å². The van der Waals surface area contributed by atoms with E-state index >= 15 is 0 Å². The van der Waals surface area contributed by atoms with Crippen LogP contribution in [0.15, 0.2) is 10.7 Å². The van der Waals surface area contributed by atoms with Crippen molar-refractivity contribution in [2.45, 2.75) is 58.2 Å². The first-order chi connectivity index (χ1) is 8.74. The number of hydrogen-bond donors (Lipinski definition) is 1. The van der Waals surface area contributed by atoms with Crippen molar-refractivity contribution in [3.05, 3.63) is 12.0 Å². The summed E-state index contributed by atoms with van der Waals surface area (Å²) in [5.41, 5.74) is 1.03. The molecule has 0 spiro atoms. The smallest absolute Gasteiger partial charge is 0.297 e. The minimum atomic E-state index is 0.529. The molecule has 2 atom stereocenters. The fourth-order valence-corrected chi connectivity index (χ4v) is 2.65. The van der Waals surface area contributed by atoms with Crippen LogP contribution in [0, 0.1) is 5.92 Å². The zero-order valence-electron chi connectivity index (χ0n) is 11.4. The molecule has 2 unspecified atom stereocenters. The molecule has 2 heterocycles. The van der Waals surface area contributed by atoms with Gasteiger partial charge in [0.05, 0.1) is 5.69 Å². The van der Waals surface area contributed by atoms with E-state index in [2.05, 4.69) is 29.0 Å². The van der Waals surface area contributed by atoms with Crippen molar-refractivity contribution in [1.82, 2.24) is 10.3 Å². The third-order valence-corrected chi connectivity index (χ3v) is 4.31. The van der Waals surface area contributed by atoms with Gasteiger partial charge in [-0.2, -0.15) is 4.98 Å². The molecule has 4 nitrogen and oxygen atoms in total. The van der Waals surface area contributed by atoms with Gasteiger partial charge >= 0.3 is 0 Å². The lowest BCUT2D eigenvalue weighted by atomic mass is 9.92. The fourth-order valence-electron chi connectivity index (χ4n) is 2.65. The molecule has 1 saturated heterocycles. The second-order valence-corrected chi connectivity index (χ2v) is 5.83. The van der Waals surface area contributed by atoms with Crippen LogP contribution in [-0.2, 0) is 6.54 Å². The summed E-state index contributed by atoms with van der Waals surface area (Å²) < 4.78 is 5.65. The zero-order valence-corrected chi connectivity index (χ0v) is 11.4. The van der Waals surface area contributed by atoms with Gasteiger partial charge in [0.25, 0.3) is 6.01 Å². The summed E-state index contributed by atoms with van der Waals surface area (Å²) in [6.45, 7) is 6.50. The van der Waals surface area contributed by atoms with Crippen LogP contribution >= 0.6 is 0 Å². The molecule has 3 rings (SSSR count). The third kappa shape index (κ3) is 2.53. The number of nitrogens with zero attached hydrogens (tertiary/aromatic N) is 2. The predicted octanol–water partition coefficient (Wildman–Crippen LogP) is 2.55. The lowest BCUT2D eigenvalue weighted by Gasteiger charge is -2.36. The van der Waals surface area contributed by atoms with Gasteiger partial charge in [-0.25, -0.2) is 0 Å². The molecule has 0 bridgehead atoms. The molecular weight excluding hydrogens is 226 g/mol. The Morgan fingerprint density at radius 3 is 3.00 bits per heavy atom. The maximum absolute atomic E-state index is 5.65. The molecule has 1 aliphatic heterocycles. The first kappa shape index (κ1) is 12.0. The number of oxazole rings is 1. The van der Waals surface area contributed by atoms with Crippen LogP contribution in [-0.4, -0.2) is 23.6 Å². The lowest BCUT2D eigenvalue weighted by molar-refractivity contribution is 0.343. The topological polar surface area (TPSA) is 41.3 Å². The molecule has 1 N–H and O–H groups in total. The van der Waals surface area contributed by atoms with Crippen LogP contribution in [0.4, 0.5) is 6.01 Å². The largest absolute Gasteiger partial charge is 0.432 e. The molecule has 1 aliphatic carbocycles. The Balaban J connectivity index is 1.63. The number of hydrogen-bond acceptors (Lipinski definition) is 4. The van der Waals surface area contributed by atoms with E-state index < -0.39 is 0 Å². The van der Waals surface area contributed by atoms with Gasteiger partial charge in [0.2, 0.25) is 0 Å². The molecule has 2 fully saturated rings. The number of rotatable bonds is 4. The average Bonchev–Trinajstić information content (AvgIpc) is 3.08. The molecule has 1 aromatic heterocycles. The molecule has 1 saturated carbocycles. The van der Waals surface area contributed by atoms with Crippen LogP contribution < -0.4 is 10.2 Å². The Hall–Kier alpha value is -1.03. The standard InChI is InChI=1S/C14H23N3O/c1-10-4-3-7-17(11(10)2)14-16-13(9-18-14)8-15-12-5-6-12/h9-12,15H,3-8H2,1-2H3. The van der Waals surface area contributed by atoms with Gasteiger partial charge in [-0.05, 0) is 38.5 Å². The molecule has 1 aromatic rings. The first-order valence-corrected chi connectivity index (χ1v) is 7.18. The Labute approximate surface area is 109 Å². The van der Waals surface area contributed by atoms with Crippen LogP contribution in [0.3, 0.4) is 0 Å². The van der Waals surface area contributed by atoms with Crippen molar-refractivity contribution in [3.8, 4) is 0 Å². The van der Waals surface area contributed by atoms with Gasteiger partial charge in [-0.1, -0.05) is 6.92 Å². The molecule has 18 heavy (non-hydrogen) atoms. The molecule has 100 valence electrons. The first-order valence-electron chi connectivity index (χ1n) is 7.18. The van der Waals surface area contributed by atoms with E-state index in [-0.39, 0.29) is 0 Å². The maximum atomic E-state index is 5.65. The lowest BCUT2D eigenvalue weighted by Crippen LogP contribution is -2.42. The Morgan fingerprint density at radius 1 is 1.39 bits per heavy atom. The highest BCUT2D eigenvalue weighted by Gasteiger charge is 2.28. The number of nitrogens with one attached hydrogen (secondary N) is 1. The van der Waals surface area contributed by atoms with E-state index in [4.69, 9.17) is 4.42 Å². The summed E-state index contributed by atoms with van der Waals surface area (Å²) >= 11 is 0. The van der Waals surface area contributed by atoms with E-state index in [9.17, 15) is 0 Å². The second kappa shape index (κ2) is 4.92. The summed E-state index contributed by atoms with van der Waals surface area (Å²) in [4.78, 5) is 6.93. The van der Waals surface area contributed by atoms with Gasteiger partial charge in [-0.3, -0.25) is 0 Å². The fraction of sp³-hybridized carbons (Fsp3) is 0.786. The van der Waals surface area contributed by atoms with Crippen LogP contribution in [0.25, 0.3) is 0 Å². The van der Waals surface area contributed by atoms with E-state index in [1.54, 1.807) is 6.26 Å². The average molecular weight is 249 g/mol. The minimum Gasteiger partial charge on any atom is -0.432 e. The van der Waals surface area contributed by atoms with Crippen molar-refractivity contribution in [2.24, 2.45) is 5.92 Å². The van der Waals surface area contributed by atoms with Gasteiger partial charge in [-0.15, -0.1) is 0 Å². The predicted molar refractivity (Wildman–Crippen MR) is 71.6 cm³/mol. The maximum Gasteiger partial charge on any atom is 0.297 e. The van der Waals surface area contributed by atoms with Crippen molar-refractivity contribution in [1.29, 1.82) is 0 Å². The third-order valence-electron chi connectivity index (χ3n) is 4.31. The number of anilines is 1. The molecule has 0 radical (unpaired) electrons. The molecule has 0 amide bonds. The summed E-state index contributed by atoms with van der Waals surface area (Å²) in [6, 6.07) is 2.06. The number of aromatic nitrogens is 1. The Morgan fingerprint density at radius 2 is 2.22 bits per heavy atom.